The second kappa shape index (κ2) is 8.20. The first kappa shape index (κ1) is 17.6. The quantitative estimate of drug-likeness (QED) is 0.437. The van der Waals surface area contributed by atoms with Crippen LogP contribution >= 0.6 is 0 Å². The lowest BCUT2D eigenvalue weighted by atomic mass is 10.1. The van der Waals surface area contributed by atoms with Gasteiger partial charge in [-0.1, -0.05) is 36.4 Å². The van der Waals surface area contributed by atoms with Crippen LogP contribution in [0, 0.1) is 13.8 Å². The maximum absolute atomic E-state index is 11.3. The zero-order chi connectivity index (χ0) is 17.5. The minimum absolute atomic E-state index is 0.0113. The van der Waals surface area contributed by atoms with Crippen molar-refractivity contribution in [2.45, 2.75) is 27.1 Å². The van der Waals surface area contributed by atoms with E-state index in [-0.39, 0.29) is 12.4 Å². The predicted molar refractivity (Wildman–Crippen MR) is 92.6 cm³/mol. The van der Waals surface area contributed by atoms with Crippen molar-refractivity contribution in [1.82, 2.24) is 0 Å². The highest BCUT2D eigenvalue weighted by atomic mass is 16.6. The number of rotatable bonds is 7. The van der Waals surface area contributed by atoms with Crippen molar-refractivity contribution in [2.24, 2.45) is 0 Å². The number of aryl methyl sites for hydroxylation is 2. The van der Waals surface area contributed by atoms with E-state index in [9.17, 15) is 4.79 Å². The smallest absolute Gasteiger partial charge is 0.372 e. The summed E-state index contributed by atoms with van der Waals surface area (Å²) < 4.78 is 15.9. The average molecular weight is 326 g/mol. The van der Waals surface area contributed by atoms with Crippen LogP contribution in [-0.4, -0.2) is 13.1 Å². The maximum atomic E-state index is 11.3. The Bertz CT molecular complexity index is 734. The summed E-state index contributed by atoms with van der Waals surface area (Å²) in [6.07, 6.45) is 0. The van der Waals surface area contributed by atoms with Gasteiger partial charge in [0.25, 0.3) is 0 Å². The van der Waals surface area contributed by atoms with Crippen LogP contribution in [0.5, 0.6) is 5.75 Å². The molecule has 4 nitrogen and oxygen atoms in total. The molecule has 0 amide bonds. The average Bonchev–Trinajstić information content (AvgIpc) is 2.60. The Morgan fingerprint density at radius 3 is 2.38 bits per heavy atom. The number of esters is 1. The van der Waals surface area contributed by atoms with Gasteiger partial charge < -0.3 is 14.2 Å². The zero-order valence-corrected chi connectivity index (χ0v) is 14.3. The number of hydrogen-bond acceptors (Lipinski definition) is 4. The van der Waals surface area contributed by atoms with Crippen LogP contribution in [0.25, 0.3) is 0 Å². The van der Waals surface area contributed by atoms with E-state index in [0.717, 1.165) is 28.0 Å². The molecule has 0 unspecified atom stereocenters. The first-order chi connectivity index (χ1) is 11.5. The van der Waals surface area contributed by atoms with Gasteiger partial charge >= 0.3 is 5.97 Å². The molecule has 0 aliphatic heterocycles. The molecule has 0 bridgehead atoms. The molecule has 126 valence electrons. The minimum atomic E-state index is -0.570. The molecule has 0 fully saturated rings. The molecule has 0 aliphatic carbocycles. The number of carbonyl (C=O) groups excluding carboxylic acids is 1. The molecule has 0 aromatic heterocycles. The summed E-state index contributed by atoms with van der Waals surface area (Å²) in [5.41, 5.74) is 4.18. The van der Waals surface area contributed by atoms with Crippen LogP contribution in [0.2, 0.25) is 0 Å². The maximum Gasteiger partial charge on any atom is 0.372 e. The molecule has 2 rings (SSSR count). The third kappa shape index (κ3) is 4.62. The summed E-state index contributed by atoms with van der Waals surface area (Å²) >= 11 is 0. The Morgan fingerprint density at radius 2 is 1.71 bits per heavy atom. The summed E-state index contributed by atoms with van der Waals surface area (Å²) in [4.78, 5) is 11.3. The van der Waals surface area contributed by atoms with E-state index < -0.39 is 5.97 Å². The summed E-state index contributed by atoms with van der Waals surface area (Å²) in [5, 5.41) is 0. The van der Waals surface area contributed by atoms with Crippen molar-refractivity contribution in [3.63, 3.8) is 0 Å². The van der Waals surface area contributed by atoms with E-state index in [0.29, 0.717) is 6.61 Å². The van der Waals surface area contributed by atoms with Crippen molar-refractivity contribution in [3.8, 4) is 5.75 Å². The van der Waals surface area contributed by atoms with Crippen molar-refractivity contribution >= 4 is 5.97 Å². The predicted octanol–water partition coefficient (Wildman–Crippen LogP) is 4.09. The lowest BCUT2D eigenvalue weighted by Gasteiger charge is -2.14. The molecule has 0 heterocycles. The van der Waals surface area contributed by atoms with Crippen LogP contribution in [-0.2, 0) is 27.5 Å². The Hall–Kier alpha value is -2.75. The second-order valence-electron chi connectivity index (χ2n) is 5.53. The van der Waals surface area contributed by atoms with Crippen molar-refractivity contribution in [1.29, 1.82) is 0 Å². The van der Waals surface area contributed by atoms with E-state index in [4.69, 9.17) is 9.47 Å². The first-order valence-electron chi connectivity index (χ1n) is 7.68. The van der Waals surface area contributed by atoms with Gasteiger partial charge in [-0.05, 0) is 48.7 Å². The molecule has 0 spiro atoms. The third-order valence-electron chi connectivity index (χ3n) is 3.66. The highest BCUT2D eigenvalue weighted by Crippen LogP contribution is 2.21. The van der Waals surface area contributed by atoms with E-state index >= 15 is 0 Å². The number of ether oxygens (including phenoxy) is 3. The van der Waals surface area contributed by atoms with Crippen molar-refractivity contribution in [3.05, 3.63) is 77.1 Å². The van der Waals surface area contributed by atoms with Crippen LogP contribution < -0.4 is 4.74 Å². The zero-order valence-electron chi connectivity index (χ0n) is 14.3. The molecule has 0 saturated heterocycles. The Balaban J connectivity index is 2.04. The fraction of sp³-hybridized carbons (Fsp3) is 0.250. The standard InChI is InChI=1S/C20H22O4/c1-14-9-10-15(2)19(11-14)24-13-18-8-6-5-7-17(18)12-23-16(3)20(21)22-4/h5-11H,3,12-13H2,1-2,4H3. The van der Waals surface area contributed by atoms with Crippen LogP contribution in [0.15, 0.2) is 54.8 Å². The molecule has 0 N–H and O–H groups in total. The molecular weight excluding hydrogens is 304 g/mol. The molecule has 24 heavy (non-hydrogen) atoms. The van der Waals surface area contributed by atoms with Gasteiger partial charge in [-0.25, -0.2) is 4.79 Å². The molecule has 2 aromatic rings. The molecule has 4 heteroatoms. The number of benzene rings is 2. The lowest BCUT2D eigenvalue weighted by molar-refractivity contribution is -0.140. The molecule has 0 atom stereocenters. The fourth-order valence-corrected chi connectivity index (χ4v) is 2.20. The first-order valence-corrected chi connectivity index (χ1v) is 7.68. The van der Waals surface area contributed by atoms with Gasteiger partial charge in [0.05, 0.1) is 7.11 Å². The van der Waals surface area contributed by atoms with Gasteiger partial charge in [0.2, 0.25) is 0 Å². The van der Waals surface area contributed by atoms with Crippen LogP contribution in [0.1, 0.15) is 22.3 Å². The highest BCUT2D eigenvalue weighted by molar-refractivity contribution is 5.85. The van der Waals surface area contributed by atoms with E-state index in [1.54, 1.807) is 0 Å². The Morgan fingerprint density at radius 1 is 1.04 bits per heavy atom. The van der Waals surface area contributed by atoms with Gasteiger partial charge in [0, 0.05) is 0 Å². The van der Waals surface area contributed by atoms with Gasteiger partial charge in [-0.2, -0.15) is 0 Å². The molecule has 0 saturated carbocycles. The van der Waals surface area contributed by atoms with Gasteiger partial charge in [0.1, 0.15) is 19.0 Å². The van der Waals surface area contributed by atoms with E-state index in [2.05, 4.69) is 17.4 Å². The monoisotopic (exact) mass is 326 g/mol. The lowest BCUT2D eigenvalue weighted by Crippen LogP contribution is -2.08. The number of methoxy groups -OCH3 is 1. The largest absolute Gasteiger partial charge is 0.489 e. The van der Waals surface area contributed by atoms with E-state index in [1.165, 1.54) is 7.11 Å². The summed E-state index contributed by atoms with van der Waals surface area (Å²) in [6, 6.07) is 13.9. The SMILES string of the molecule is C=C(OCc1ccccc1COc1cc(C)ccc1C)C(=O)OC. The highest BCUT2D eigenvalue weighted by Gasteiger charge is 2.10. The topological polar surface area (TPSA) is 44.8 Å². The number of hydrogen-bond donors (Lipinski definition) is 0. The molecular formula is C20H22O4. The van der Waals surface area contributed by atoms with Crippen molar-refractivity contribution in [2.75, 3.05) is 7.11 Å². The summed E-state index contributed by atoms with van der Waals surface area (Å²) in [5.74, 6) is 0.284. The van der Waals surface area contributed by atoms with Crippen LogP contribution in [0.4, 0.5) is 0 Å². The Labute approximate surface area is 142 Å². The molecule has 0 aliphatic rings. The molecule has 2 aromatic carbocycles. The molecule has 0 radical (unpaired) electrons. The van der Waals surface area contributed by atoms with Crippen LogP contribution in [0.3, 0.4) is 0 Å². The van der Waals surface area contributed by atoms with Gasteiger partial charge in [-0.15, -0.1) is 0 Å². The van der Waals surface area contributed by atoms with Gasteiger partial charge in [-0.3, -0.25) is 0 Å². The normalized spacial score (nSPS) is 10.1. The fourth-order valence-electron chi connectivity index (χ4n) is 2.20. The number of carbonyl (C=O) groups is 1. The summed E-state index contributed by atoms with van der Waals surface area (Å²) in [6.45, 7) is 8.27. The van der Waals surface area contributed by atoms with Crippen molar-refractivity contribution < 1.29 is 19.0 Å². The summed E-state index contributed by atoms with van der Waals surface area (Å²) in [7, 11) is 1.29. The second-order valence-corrected chi connectivity index (χ2v) is 5.53. The van der Waals surface area contributed by atoms with Gasteiger partial charge in [0.15, 0.2) is 5.76 Å². The Kier molecular flexibility index (Phi) is 6.01. The minimum Gasteiger partial charge on any atom is -0.489 e. The van der Waals surface area contributed by atoms with E-state index in [1.807, 2.05) is 50.2 Å². The third-order valence-corrected chi connectivity index (χ3v) is 3.66.